The van der Waals surface area contributed by atoms with Crippen LogP contribution in [0, 0.1) is 17.8 Å². The summed E-state index contributed by atoms with van der Waals surface area (Å²) < 4.78 is 17.0. The molecule has 0 aromatic carbocycles. The Hall–Kier alpha value is -1.44. The smallest absolute Gasteiger partial charge is 0.334 e. The van der Waals surface area contributed by atoms with Gasteiger partial charge in [0.25, 0.3) is 0 Å². The van der Waals surface area contributed by atoms with Crippen LogP contribution in [-0.4, -0.2) is 51.9 Å². The Kier molecular flexibility index (Phi) is 5.16. The molecular weight excluding hydrogens is 352 g/mol. The van der Waals surface area contributed by atoms with Gasteiger partial charge in [0.05, 0.1) is 12.0 Å². The number of ether oxygens (including phenoxy) is 3. The Labute approximate surface area is 159 Å². The highest BCUT2D eigenvalue weighted by atomic mass is 16.6. The molecule has 3 saturated heterocycles. The number of carbonyl (C=O) groups is 2. The first kappa shape index (κ1) is 20.3. The van der Waals surface area contributed by atoms with Crippen molar-refractivity contribution < 1.29 is 34.0 Å². The van der Waals surface area contributed by atoms with Crippen LogP contribution < -0.4 is 0 Å². The molecule has 3 aliphatic heterocycles. The van der Waals surface area contributed by atoms with E-state index in [1.54, 1.807) is 13.8 Å². The summed E-state index contributed by atoms with van der Waals surface area (Å²) in [6, 6.07) is 0. The van der Waals surface area contributed by atoms with Crippen LogP contribution in [0.4, 0.5) is 0 Å². The molecule has 152 valence electrons. The summed E-state index contributed by atoms with van der Waals surface area (Å²) in [5.41, 5.74) is -1.29. The maximum Gasteiger partial charge on any atom is 0.334 e. The van der Waals surface area contributed by atoms with Gasteiger partial charge in [-0.2, -0.15) is 0 Å². The van der Waals surface area contributed by atoms with Crippen molar-refractivity contribution in [1.82, 2.24) is 0 Å². The van der Waals surface area contributed by atoms with E-state index in [1.807, 2.05) is 13.8 Å². The van der Waals surface area contributed by atoms with Gasteiger partial charge in [0.2, 0.25) is 0 Å². The molecule has 27 heavy (non-hydrogen) atoms. The molecule has 7 heteroatoms. The second kappa shape index (κ2) is 6.87. The maximum atomic E-state index is 12.5. The number of esters is 2. The number of fused-ring (bicyclic) bond motifs is 3. The van der Waals surface area contributed by atoms with Crippen LogP contribution in [0.15, 0.2) is 12.2 Å². The molecule has 0 amide bonds. The normalized spacial score (nSPS) is 45.3. The highest BCUT2D eigenvalue weighted by Crippen LogP contribution is 2.48. The van der Waals surface area contributed by atoms with Gasteiger partial charge in [0, 0.05) is 30.3 Å². The molecule has 2 bridgehead atoms. The molecule has 3 heterocycles. The zero-order valence-electron chi connectivity index (χ0n) is 16.4. The Morgan fingerprint density at radius 3 is 2.70 bits per heavy atom. The standard InChI is InChI=1S/C20H30O7/c1-6-10(2)17(21)26-16-15-14(12(4)18(22)25-15)9-20(24)11(3)7-13(27-20)8-19(16,5)23/h10-11,13-16,23-24H,4,6-9H2,1-3,5H3/t10-,11-,13-,14+,15+,16-,19+,20-/m1/s1. The van der Waals surface area contributed by atoms with Gasteiger partial charge in [-0.25, -0.2) is 4.79 Å². The zero-order chi connectivity index (χ0) is 20.1. The van der Waals surface area contributed by atoms with Crippen LogP contribution in [0.2, 0.25) is 0 Å². The van der Waals surface area contributed by atoms with E-state index in [-0.39, 0.29) is 36.4 Å². The summed E-state index contributed by atoms with van der Waals surface area (Å²) >= 11 is 0. The molecule has 0 aromatic heterocycles. The molecule has 0 spiro atoms. The summed E-state index contributed by atoms with van der Waals surface area (Å²) in [5.74, 6) is -3.60. The lowest BCUT2D eigenvalue weighted by Gasteiger charge is -2.38. The van der Waals surface area contributed by atoms with Crippen LogP contribution in [0.25, 0.3) is 0 Å². The van der Waals surface area contributed by atoms with E-state index in [0.717, 1.165) is 0 Å². The number of carbonyl (C=O) groups excluding carboxylic acids is 2. The molecule has 8 atom stereocenters. The van der Waals surface area contributed by atoms with E-state index in [1.165, 1.54) is 0 Å². The molecule has 0 unspecified atom stereocenters. The zero-order valence-corrected chi connectivity index (χ0v) is 16.4. The van der Waals surface area contributed by atoms with Gasteiger partial charge in [-0.3, -0.25) is 4.79 Å². The van der Waals surface area contributed by atoms with Crippen LogP contribution in [-0.2, 0) is 23.8 Å². The van der Waals surface area contributed by atoms with E-state index in [0.29, 0.717) is 12.8 Å². The summed E-state index contributed by atoms with van der Waals surface area (Å²) in [7, 11) is 0. The molecule has 3 aliphatic rings. The minimum atomic E-state index is -1.49. The first-order chi connectivity index (χ1) is 12.5. The minimum Gasteiger partial charge on any atom is -0.455 e. The van der Waals surface area contributed by atoms with Crippen molar-refractivity contribution in [3.63, 3.8) is 0 Å². The summed E-state index contributed by atoms with van der Waals surface area (Å²) in [5, 5.41) is 22.2. The third kappa shape index (κ3) is 3.52. The molecule has 3 rings (SSSR count). The van der Waals surface area contributed by atoms with Gasteiger partial charge in [0.1, 0.15) is 11.7 Å². The SMILES string of the molecule is C=C1C(=O)O[C@@H]2[C@@H](OC(=O)[C@H](C)CC)[C@@](C)(O)C[C@H]3C[C@@H](C)[C@@](O)(C[C@@H]12)O3. The van der Waals surface area contributed by atoms with Gasteiger partial charge in [0.15, 0.2) is 11.9 Å². The largest absolute Gasteiger partial charge is 0.455 e. The van der Waals surface area contributed by atoms with E-state index in [2.05, 4.69) is 6.58 Å². The van der Waals surface area contributed by atoms with E-state index in [9.17, 15) is 19.8 Å². The van der Waals surface area contributed by atoms with Crippen LogP contribution in [0.3, 0.4) is 0 Å². The van der Waals surface area contributed by atoms with Crippen LogP contribution in [0.5, 0.6) is 0 Å². The minimum absolute atomic E-state index is 0.105. The van der Waals surface area contributed by atoms with Gasteiger partial charge in [-0.15, -0.1) is 0 Å². The van der Waals surface area contributed by atoms with Gasteiger partial charge < -0.3 is 24.4 Å². The molecule has 0 saturated carbocycles. The quantitative estimate of drug-likeness (QED) is 0.566. The van der Waals surface area contributed by atoms with Crippen LogP contribution >= 0.6 is 0 Å². The molecule has 2 N–H and O–H groups in total. The molecule has 7 nitrogen and oxygen atoms in total. The Balaban J connectivity index is 2.00. The predicted molar refractivity (Wildman–Crippen MR) is 95.3 cm³/mol. The first-order valence-corrected chi connectivity index (χ1v) is 9.71. The van der Waals surface area contributed by atoms with Crippen molar-refractivity contribution in [2.45, 2.75) is 83.1 Å². The second-order valence-corrected chi connectivity index (χ2v) is 8.66. The van der Waals surface area contributed by atoms with Crippen molar-refractivity contribution in [2.75, 3.05) is 0 Å². The number of hydrogen-bond acceptors (Lipinski definition) is 7. The Morgan fingerprint density at radius 2 is 2.07 bits per heavy atom. The summed E-state index contributed by atoms with van der Waals surface area (Å²) in [4.78, 5) is 24.7. The fourth-order valence-corrected chi connectivity index (χ4v) is 4.40. The fourth-order valence-electron chi connectivity index (χ4n) is 4.40. The van der Waals surface area contributed by atoms with Crippen molar-refractivity contribution in [3.05, 3.63) is 12.2 Å². The van der Waals surface area contributed by atoms with E-state index < -0.39 is 41.5 Å². The fraction of sp³-hybridized carbons (Fsp3) is 0.800. The summed E-state index contributed by atoms with van der Waals surface area (Å²) in [6.45, 7) is 10.9. The highest BCUT2D eigenvalue weighted by molar-refractivity contribution is 5.91. The summed E-state index contributed by atoms with van der Waals surface area (Å²) in [6.07, 6.45) is -0.929. The third-order valence-corrected chi connectivity index (χ3v) is 6.43. The van der Waals surface area contributed by atoms with E-state index >= 15 is 0 Å². The van der Waals surface area contributed by atoms with Crippen molar-refractivity contribution in [3.8, 4) is 0 Å². The lowest BCUT2D eigenvalue weighted by atomic mass is 9.77. The Morgan fingerprint density at radius 1 is 1.41 bits per heavy atom. The third-order valence-electron chi connectivity index (χ3n) is 6.43. The molecule has 3 fully saturated rings. The lowest BCUT2D eigenvalue weighted by Crippen LogP contribution is -2.53. The molecule has 0 aliphatic carbocycles. The van der Waals surface area contributed by atoms with Crippen LogP contribution in [0.1, 0.15) is 53.4 Å². The Bertz CT molecular complexity index is 642. The van der Waals surface area contributed by atoms with E-state index in [4.69, 9.17) is 14.2 Å². The average Bonchev–Trinajstić information content (AvgIpc) is 3.01. The second-order valence-electron chi connectivity index (χ2n) is 8.66. The topological polar surface area (TPSA) is 102 Å². The molecular formula is C20H30O7. The highest BCUT2D eigenvalue weighted by Gasteiger charge is 2.59. The molecule has 0 radical (unpaired) electrons. The monoisotopic (exact) mass is 382 g/mol. The first-order valence-electron chi connectivity index (χ1n) is 9.71. The predicted octanol–water partition coefficient (Wildman–Crippen LogP) is 1.70. The molecule has 0 aromatic rings. The van der Waals surface area contributed by atoms with Gasteiger partial charge >= 0.3 is 11.9 Å². The van der Waals surface area contributed by atoms with Gasteiger partial charge in [-0.05, 0) is 19.8 Å². The van der Waals surface area contributed by atoms with Crippen molar-refractivity contribution in [1.29, 1.82) is 0 Å². The lowest BCUT2D eigenvalue weighted by molar-refractivity contribution is -0.221. The average molecular weight is 382 g/mol. The maximum absolute atomic E-state index is 12.5. The number of aliphatic hydroxyl groups is 2. The van der Waals surface area contributed by atoms with Crippen molar-refractivity contribution in [2.24, 2.45) is 17.8 Å². The number of rotatable bonds is 3. The van der Waals surface area contributed by atoms with Gasteiger partial charge in [-0.1, -0.05) is 27.4 Å². The van der Waals surface area contributed by atoms with Crippen molar-refractivity contribution >= 4 is 11.9 Å². The number of hydrogen-bond donors (Lipinski definition) is 2.